The Balaban J connectivity index is 2.31. The number of sulfonamides is 1. The van der Waals surface area contributed by atoms with E-state index in [0.717, 1.165) is 0 Å². The first kappa shape index (κ1) is 22.5. The van der Waals surface area contributed by atoms with Gasteiger partial charge in [0.1, 0.15) is 11.3 Å². The third-order valence-electron chi connectivity index (χ3n) is 3.93. The second-order valence-electron chi connectivity index (χ2n) is 6.55. The third kappa shape index (κ3) is 5.39. The number of amides is 1. The largest absolute Gasteiger partial charge is 0.495 e. The lowest BCUT2D eigenvalue weighted by molar-refractivity contribution is -0.146. The average Bonchev–Trinajstić information content (AvgIpc) is 2.67. The van der Waals surface area contributed by atoms with Crippen molar-refractivity contribution >= 4 is 39.2 Å². The maximum atomic E-state index is 12.8. The van der Waals surface area contributed by atoms with Crippen molar-refractivity contribution in [2.45, 2.75) is 24.3 Å². The zero-order chi connectivity index (χ0) is 21.8. The van der Waals surface area contributed by atoms with Crippen LogP contribution in [0.5, 0.6) is 5.75 Å². The van der Waals surface area contributed by atoms with E-state index in [9.17, 15) is 18.0 Å². The fraction of sp³-hybridized carbons (Fsp3) is 0.263. The molecule has 0 radical (unpaired) electrons. The van der Waals surface area contributed by atoms with E-state index in [-0.39, 0.29) is 21.9 Å². The molecule has 2 rings (SSSR count). The number of rotatable bonds is 7. The molecule has 8 nitrogen and oxygen atoms in total. The third-order valence-corrected chi connectivity index (χ3v) is 5.53. The van der Waals surface area contributed by atoms with Gasteiger partial charge in [0.2, 0.25) is 0 Å². The van der Waals surface area contributed by atoms with E-state index in [1.165, 1.54) is 64.5 Å². The number of ether oxygens (including phenoxy) is 2. The number of carbonyl (C=O) groups is 2. The summed E-state index contributed by atoms with van der Waals surface area (Å²) in [5.41, 5.74) is -1.07. The lowest BCUT2D eigenvalue weighted by Gasteiger charge is -2.23. The van der Waals surface area contributed by atoms with Crippen molar-refractivity contribution in [3.63, 3.8) is 0 Å². The summed E-state index contributed by atoms with van der Waals surface area (Å²) in [7, 11) is -1.44. The predicted octanol–water partition coefficient (Wildman–Crippen LogP) is 2.83. The summed E-state index contributed by atoms with van der Waals surface area (Å²) in [6.45, 7) is 2.95. The van der Waals surface area contributed by atoms with Crippen LogP contribution in [0.2, 0.25) is 5.02 Å². The number of hydrogen-bond donors (Lipinski definition) is 2. The van der Waals surface area contributed by atoms with Crippen LogP contribution < -0.4 is 14.8 Å². The van der Waals surface area contributed by atoms with Crippen molar-refractivity contribution in [3.05, 3.63) is 53.1 Å². The van der Waals surface area contributed by atoms with E-state index in [0.29, 0.717) is 5.02 Å². The molecule has 0 spiro atoms. The van der Waals surface area contributed by atoms with Crippen LogP contribution in [0, 0.1) is 0 Å². The molecule has 0 aromatic heterocycles. The van der Waals surface area contributed by atoms with Crippen molar-refractivity contribution in [3.8, 4) is 5.75 Å². The second-order valence-corrected chi connectivity index (χ2v) is 8.67. The highest BCUT2D eigenvalue weighted by Gasteiger charge is 2.31. The molecule has 0 aliphatic heterocycles. The van der Waals surface area contributed by atoms with E-state index in [4.69, 9.17) is 16.3 Å². The van der Waals surface area contributed by atoms with Crippen LogP contribution in [0.1, 0.15) is 24.2 Å². The monoisotopic (exact) mass is 440 g/mol. The SMILES string of the molecule is COC(=O)C(C)(C)NC(=O)c1cccc(S(=O)(=O)Nc2cc(Cl)ccc2OC)c1. The number of hydrogen-bond acceptors (Lipinski definition) is 6. The summed E-state index contributed by atoms with van der Waals surface area (Å²) in [4.78, 5) is 24.1. The van der Waals surface area contributed by atoms with Gasteiger partial charge >= 0.3 is 5.97 Å². The average molecular weight is 441 g/mol. The molecule has 0 atom stereocenters. The summed E-state index contributed by atoms with van der Waals surface area (Å²) >= 11 is 5.93. The Morgan fingerprint density at radius 2 is 1.76 bits per heavy atom. The molecule has 0 heterocycles. The van der Waals surface area contributed by atoms with E-state index in [2.05, 4.69) is 14.8 Å². The van der Waals surface area contributed by atoms with Gasteiger partial charge in [0.15, 0.2) is 0 Å². The molecule has 10 heteroatoms. The molecular weight excluding hydrogens is 420 g/mol. The van der Waals surface area contributed by atoms with Crippen LogP contribution in [-0.2, 0) is 19.6 Å². The Labute approximate surface area is 174 Å². The Morgan fingerprint density at radius 1 is 1.07 bits per heavy atom. The molecule has 0 saturated heterocycles. The maximum absolute atomic E-state index is 12.8. The first-order valence-electron chi connectivity index (χ1n) is 8.37. The minimum absolute atomic E-state index is 0.0583. The van der Waals surface area contributed by atoms with Gasteiger partial charge in [-0.3, -0.25) is 9.52 Å². The van der Waals surface area contributed by atoms with Crippen molar-refractivity contribution in [2.75, 3.05) is 18.9 Å². The molecule has 2 aromatic carbocycles. The number of benzene rings is 2. The lowest BCUT2D eigenvalue weighted by atomic mass is 10.1. The molecule has 0 saturated carbocycles. The lowest BCUT2D eigenvalue weighted by Crippen LogP contribution is -2.50. The minimum Gasteiger partial charge on any atom is -0.495 e. The van der Waals surface area contributed by atoms with Gasteiger partial charge in [-0.25, -0.2) is 13.2 Å². The highest BCUT2D eigenvalue weighted by Crippen LogP contribution is 2.30. The summed E-state index contributed by atoms with van der Waals surface area (Å²) < 4.78 is 37.7. The van der Waals surface area contributed by atoms with Crippen LogP contribution in [-0.4, -0.2) is 40.1 Å². The molecule has 29 heavy (non-hydrogen) atoms. The van der Waals surface area contributed by atoms with Gasteiger partial charge in [0.05, 0.1) is 24.8 Å². The van der Waals surface area contributed by atoms with Crippen LogP contribution in [0.25, 0.3) is 0 Å². The number of halogens is 1. The van der Waals surface area contributed by atoms with Crippen molar-refractivity contribution < 1.29 is 27.5 Å². The van der Waals surface area contributed by atoms with E-state index >= 15 is 0 Å². The molecule has 1 amide bonds. The predicted molar refractivity (Wildman–Crippen MR) is 109 cm³/mol. The van der Waals surface area contributed by atoms with Gasteiger partial charge in [0, 0.05) is 10.6 Å². The summed E-state index contributed by atoms with van der Waals surface area (Å²) in [5, 5.41) is 2.83. The highest BCUT2D eigenvalue weighted by atomic mass is 35.5. The van der Waals surface area contributed by atoms with Crippen molar-refractivity contribution in [2.24, 2.45) is 0 Å². The smallest absolute Gasteiger partial charge is 0.330 e. The molecule has 2 aromatic rings. The van der Waals surface area contributed by atoms with Crippen molar-refractivity contribution in [1.29, 1.82) is 0 Å². The van der Waals surface area contributed by atoms with Gasteiger partial charge in [-0.2, -0.15) is 0 Å². The normalized spacial score (nSPS) is 11.5. The van der Waals surface area contributed by atoms with Gasteiger partial charge in [-0.1, -0.05) is 17.7 Å². The zero-order valence-electron chi connectivity index (χ0n) is 16.3. The van der Waals surface area contributed by atoms with Crippen LogP contribution >= 0.6 is 11.6 Å². The van der Waals surface area contributed by atoms with E-state index < -0.39 is 27.4 Å². The molecule has 2 N–H and O–H groups in total. The van der Waals surface area contributed by atoms with Gasteiger partial charge in [-0.05, 0) is 50.2 Å². The summed E-state index contributed by atoms with van der Waals surface area (Å²) in [5.74, 6) is -0.978. The molecule has 0 aliphatic carbocycles. The quantitative estimate of drug-likeness (QED) is 0.640. The van der Waals surface area contributed by atoms with Crippen LogP contribution in [0.15, 0.2) is 47.4 Å². The van der Waals surface area contributed by atoms with Crippen molar-refractivity contribution in [1.82, 2.24) is 5.32 Å². The number of nitrogens with one attached hydrogen (secondary N) is 2. The summed E-state index contributed by atoms with van der Waals surface area (Å²) in [6.07, 6.45) is 0. The Kier molecular flexibility index (Phi) is 6.76. The molecule has 0 aliphatic rings. The zero-order valence-corrected chi connectivity index (χ0v) is 17.8. The van der Waals surface area contributed by atoms with Gasteiger partial charge in [-0.15, -0.1) is 0 Å². The molecular formula is C19H21ClN2O6S. The topological polar surface area (TPSA) is 111 Å². The minimum atomic E-state index is -4.04. The Hall–Kier alpha value is -2.78. The maximum Gasteiger partial charge on any atom is 0.330 e. The van der Waals surface area contributed by atoms with Crippen LogP contribution in [0.4, 0.5) is 5.69 Å². The van der Waals surface area contributed by atoms with Gasteiger partial charge < -0.3 is 14.8 Å². The first-order valence-corrected chi connectivity index (χ1v) is 10.2. The Bertz CT molecular complexity index is 1040. The fourth-order valence-electron chi connectivity index (χ4n) is 2.43. The van der Waals surface area contributed by atoms with Gasteiger partial charge in [0.25, 0.3) is 15.9 Å². The molecule has 156 valence electrons. The molecule has 0 unspecified atom stereocenters. The van der Waals surface area contributed by atoms with Crippen LogP contribution in [0.3, 0.4) is 0 Å². The molecule has 0 bridgehead atoms. The number of anilines is 1. The number of methoxy groups -OCH3 is 2. The second kappa shape index (κ2) is 8.71. The van der Waals surface area contributed by atoms with E-state index in [1.54, 1.807) is 6.07 Å². The highest BCUT2D eigenvalue weighted by molar-refractivity contribution is 7.92. The summed E-state index contributed by atoms with van der Waals surface area (Å²) in [6, 6.07) is 9.88. The van der Waals surface area contributed by atoms with E-state index in [1.807, 2.05) is 0 Å². The standard InChI is InChI=1S/C19H21ClN2O6S/c1-19(2,18(24)28-4)21-17(23)12-6-5-7-14(10-12)29(25,26)22-15-11-13(20)8-9-16(15)27-3/h5-11,22H,1-4H3,(H,21,23). The Morgan fingerprint density at radius 3 is 2.38 bits per heavy atom. The fourth-order valence-corrected chi connectivity index (χ4v) is 3.71. The molecule has 0 fully saturated rings. The number of esters is 1. The number of carbonyl (C=O) groups excluding carboxylic acids is 2. The first-order chi connectivity index (χ1) is 13.5.